The molecule has 3 fully saturated rings. The molecule has 0 unspecified atom stereocenters. The number of urea groups is 1. The molecule has 0 atom stereocenters. The fraction of sp³-hybridized carbons (Fsp3) is 0.842. The second-order valence-corrected chi connectivity index (χ2v) is 8.31. The number of carbonyl (C=O) groups excluding carboxylic acids is 3. The van der Waals surface area contributed by atoms with Gasteiger partial charge in [-0.3, -0.25) is 19.4 Å². The summed E-state index contributed by atoms with van der Waals surface area (Å²) in [4.78, 5) is 42.8. The lowest BCUT2D eigenvalue weighted by Crippen LogP contribution is -2.53. The Labute approximate surface area is 161 Å². The van der Waals surface area contributed by atoms with E-state index in [1.807, 2.05) is 6.92 Å². The Kier molecular flexibility index (Phi) is 6.37. The Balaban J connectivity index is 1.47. The third kappa shape index (κ3) is 4.60. The van der Waals surface area contributed by atoms with Gasteiger partial charge in [-0.2, -0.15) is 0 Å². The van der Waals surface area contributed by atoms with Gasteiger partial charge in [0.25, 0.3) is 5.91 Å². The van der Waals surface area contributed by atoms with Crippen molar-refractivity contribution < 1.29 is 14.4 Å². The molecule has 2 saturated heterocycles. The fourth-order valence-electron chi connectivity index (χ4n) is 4.21. The highest BCUT2D eigenvalue weighted by Crippen LogP contribution is 2.36. The van der Waals surface area contributed by atoms with Crippen molar-refractivity contribution in [2.75, 3.05) is 45.9 Å². The van der Waals surface area contributed by atoms with E-state index in [4.69, 9.17) is 0 Å². The highest BCUT2D eigenvalue weighted by atomic mass is 16.2. The topological polar surface area (TPSA) is 85.0 Å². The lowest BCUT2D eigenvalue weighted by Gasteiger charge is -2.36. The van der Waals surface area contributed by atoms with Crippen molar-refractivity contribution in [3.05, 3.63) is 0 Å². The van der Waals surface area contributed by atoms with Crippen LogP contribution in [0.3, 0.4) is 0 Å². The molecule has 1 aliphatic carbocycles. The van der Waals surface area contributed by atoms with E-state index >= 15 is 0 Å². The van der Waals surface area contributed by atoms with E-state index in [1.54, 1.807) is 0 Å². The summed E-state index contributed by atoms with van der Waals surface area (Å²) in [5.41, 5.74) is -0.664. The van der Waals surface area contributed by atoms with E-state index in [1.165, 1.54) is 4.90 Å². The molecule has 0 bridgehead atoms. The van der Waals surface area contributed by atoms with E-state index in [2.05, 4.69) is 27.4 Å². The molecule has 152 valence electrons. The summed E-state index contributed by atoms with van der Waals surface area (Å²) in [6.07, 6.45) is 4.40. The molecule has 4 amide bonds. The molecule has 8 nitrogen and oxygen atoms in total. The predicted octanol–water partition coefficient (Wildman–Crippen LogP) is 0.588. The van der Waals surface area contributed by atoms with E-state index in [-0.39, 0.29) is 17.8 Å². The summed E-state index contributed by atoms with van der Waals surface area (Å²) in [5, 5.41) is 5.88. The van der Waals surface area contributed by atoms with E-state index in [0.717, 1.165) is 58.3 Å². The van der Waals surface area contributed by atoms with Crippen molar-refractivity contribution in [2.45, 2.75) is 51.5 Å². The molecule has 3 aliphatic rings. The maximum atomic E-state index is 12.9. The molecule has 1 saturated carbocycles. The molecule has 2 N–H and O–H groups in total. The minimum Gasteiger partial charge on any atom is -0.355 e. The first-order chi connectivity index (χ1) is 12.9. The van der Waals surface area contributed by atoms with Crippen LogP contribution in [-0.2, 0) is 9.59 Å². The quantitative estimate of drug-likeness (QED) is 0.660. The molecule has 3 rings (SSSR count). The fourth-order valence-corrected chi connectivity index (χ4v) is 4.21. The van der Waals surface area contributed by atoms with Gasteiger partial charge in [0.2, 0.25) is 5.91 Å². The largest absolute Gasteiger partial charge is 0.355 e. The Morgan fingerprint density at radius 2 is 1.78 bits per heavy atom. The minimum absolute atomic E-state index is 0.0548. The van der Waals surface area contributed by atoms with Crippen LogP contribution in [0.5, 0.6) is 0 Å². The Morgan fingerprint density at radius 3 is 2.41 bits per heavy atom. The van der Waals surface area contributed by atoms with Crippen molar-refractivity contribution >= 4 is 17.8 Å². The van der Waals surface area contributed by atoms with Gasteiger partial charge in [0.05, 0.1) is 13.2 Å². The number of nitrogens with zero attached hydrogens (tertiary/aromatic N) is 3. The monoisotopic (exact) mass is 379 g/mol. The maximum absolute atomic E-state index is 12.9. The molecule has 2 heterocycles. The van der Waals surface area contributed by atoms with Crippen LogP contribution >= 0.6 is 0 Å². The Morgan fingerprint density at radius 1 is 1.15 bits per heavy atom. The second kappa shape index (κ2) is 8.56. The third-order valence-corrected chi connectivity index (χ3v) is 6.12. The normalized spacial score (nSPS) is 30.0. The highest BCUT2D eigenvalue weighted by Gasteiger charge is 2.52. The van der Waals surface area contributed by atoms with Crippen LogP contribution in [0.25, 0.3) is 0 Å². The average molecular weight is 380 g/mol. The SMILES string of the molecule is CCCNC(=O)CN1CCN(CN2C(=O)NC3(CCC(C)CC3)C2=O)CC1. The van der Waals surface area contributed by atoms with Gasteiger partial charge in [0.15, 0.2) is 0 Å². The molecular formula is C19H33N5O3. The molecule has 0 aromatic carbocycles. The van der Waals surface area contributed by atoms with Crippen molar-refractivity contribution in [2.24, 2.45) is 5.92 Å². The summed E-state index contributed by atoms with van der Waals surface area (Å²) in [5.74, 6) is 0.630. The number of carbonyl (C=O) groups is 3. The Bertz CT molecular complexity index is 566. The average Bonchev–Trinajstić information content (AvgIpc) is 2.88. The first kappa shape index (κ1) is 20.1. The van der Waals surface area contributed by atoms with Crippen LogP contribution in [0.4, 0.5) is 4.79 Å². The Hall–Kier alpha value is -1.67. The molecule has 0 aromatic rings. The number of rotatable bonds is 6. The number of nitrogens with one attached hydrogen (secondary N) is 2. The number of amides is 4. The van der Waals surface area contributed by atoms with Gasteiger partial charge in [-0.05, 0) is 38.0 Å². The number of piperazine rings is 1. The van der Waals surface area contributed by atoms with E-state index in [9.17, 15) is 14.4 Å². The van der Waals surface area contributed by atoms with Gasteiger partial charge >= 0.3 is 6.03 Å². The highest BCUT2D eigenvalue weighted by molar-refractivity contribution is 6.07. The molecule has 0 aromatic heterocycles. The van der Waals surface area contributed by atoms with Crippen LogP contribution in [-0.4, -0.2) is 84.0 Å². The smallest absolute Gasteiger partial charge is 0.326 e. The summed E-state index contributed by atoms with van der Waals surface area (Å²) >= 11 is 0. The van der Waals surface area contributed by atoms with Crippen LogP contribution in [0.15, 0.2) is 0 Å². The second-order valence-electron chi connectivity index (χ2n) is 8.31. The van der Waals surface area contributed by atoms with Crippen molar-refractivity contribution in [1.82, 2.24) is 25.3 Å². The zero-order valence-electron chi connectivity index (χ0n) is 16.6. The third-order valence-electron chi connectivity index (χ3n) is 6.12. The first-order valence-corrected chi connectivity index (χ1v) is 10.3. The van der Waals surface area contributed by atoms with Gasteiger partial charge in [-0.25, -0.2) is 9.69 Å². The van der Waals surface area contributed by atoms with Gasteiger partial charge in [0.1, 0.15) is 5.54 Å². The van der Waals surface area contributed by atoms with Gasteiger partial charge in [-0.1, -0.05) is 13.8 Å². The zero-order chi connectivity index (χ0) is 19.4. The molecule has 8 heteroatoms. The molecule has 2 aliphatic heterocycles. The summed E-state index contributed by atoms with van der Waals surface area (Å²) in [6.45, 7) is 8.75. The van der Waals surface area contributed by atoms with Gasteiger partial charge < -0.3 is 10.6 Å². The predicted molar refractivity (Wildman–Crippen MR) is 102 cm³/mol. The van der Waals surface area contributed by atoms with Crippen molar-refractivity contribution in [1.29, 1.82) is 0 Å². The summed E-state index contributed by atoms with van der Waals surface area (Å²) < 4.78 is 0. The van der Waals surface area contributed by atoms with Crippen LogP contribution in [0.1, 0.15) is 46.0 Å². The van der Waals surface area contributed by atoms with Crippen LogP contribution in [0, 0.1) is 5.92 Å². The number of hydrogen-bond donors (Lipinski definition) is 2. The number of imide groups is 1. The van der Waals surface area contributed by atoms with Crippen LogP contribution in [0.2, 0.25) is 0 Å². The standard InChI is InChI=1S/C19H33N5O3/c1-3-8-20-16(25)13-22-9-11-23(12-10-22)14-24-17(26)19(21-18(24)27)6-4-15(2)5-7-19/h15H,3-14H2,1-2H3,(H,20,25)(H,21,27). The first-order valence-electron chi connectivity index (χ1n) is 10.3. The molecule has 1 spiro atoms. The lowest BCUT2D eigenvalue weighted by atomic mass is 9.77. The number of hydrogen-bond acceptors (Lipinski definition) is 5. The minimum atomic E-state index is -0.664. The van der Waals surface area contributed by atoms with Gasteiger partial charge in [-0.15, -0.1) is 0 Å². The van der Waals surface area contributed by atoms with Crippen molar-refractivity contribution in [3.8, 4) is 0 Å². The van der Waals surface area contributed by atoms with Crippen molar-refractivity contribution in [3.63, 3.8) is 0 Å². The molecular weight excluding hydrogens is 346 g/mol. The zero-order valence-corrected chi connectivity index (χ0v) is 16.6. The van der Waals surface area contributed by atoms with E-state index in [0.29, 0.717) is 25.7 Å². The summed E-state index contributed by atoms with van der Waals surface area (Å²) in [6, 6.07) is -0.254. The van der Waals surface area contributed by atoms with E-state index < -0.39 is 5.54 Å². The maximum Gasteiger partial charge on any atom is 0.326 e. The van der Waals surface area contributed by atoms with Gasteiger partial charge in [0, 0.05) is 32.7 Å². The molecule has 0 radical (unpaired) electrons. The lowest BCUT2D eigenvalue weighted by molar-refractivity contribution is -0.134. The van der Waals surface area contributed by atoms with Crippen LogP contribution < -0.4 is 10.6 Å². The summed E-state index contributed by atoms with van der Waals surface area (Å²) in [7, 11) is 0. The molecule has 27 heavy (non-hydrogen) atoms.